The number of hydrogen-bond donors (Lipinski definition) is 1. The molecule has 1 amide bonds. The molecule has 0 saturated heterocycles. The monoisotopic (exact) mass is 490 g/mol. The maximum absolute atomic E-state index is 13.0. The van der Waals surface area contributed by atoms with Gasteiger partial charge in [-0.15, -0.1) is 22.7 Å². The summed E-state index contributed by atoms with van der Waals surface area (Å²) < 4.78 is 79.9. The fourth-order valence-corrected chi connectivity index (χ4v) is 4.54. The van der Waals surface area contributed by atoms with E-state index in [0.717, 1.165) is 16.3 Å². The van der Waals surface area contributed by atoms with Gasteiger partial charge < -0.3 is 5.32 Å². The number of rotatable bonds is 5. The van der Waals surface area contributed by atoms with Gasteiger partial charge >= 0.3 is 12.4 Å². The number of nitrogens with one attached hydrogen (secondary N) is 1. The lowest BCUT2D eigenvalue weighted by Crippen LogP contribution is -2.14. The molecule has 0 saturated carbocycles. The van der Waals surface area contributed by atoms with Crippen LogP contribution in [0.3, 0.4) is 0 Å². The second-order valence-electron chi connectivity index (χ2n) is 6.77. The van der Waals surface area contributed by atoms with Gasteiger partial charge in [0, 0.05) is 35.3 Å². The second kappa shape index (κ2) is 8.20. The van der Waals surface area contributed by atoms with Gasteiger partial charge in [0.25, 0.3) is 0 Å². The Balaban J connectivity index is 1.46. The molecule has 13 heteroatoms. The van der Waals surface area contributed by atoms with Crippen LogP contribution < -0.4 is 5.32 Å². The number of imidazole rings is 1. The molecular weight excluding hydrogens is 478 g/mol. The van der Waals surface area contributed by atoms with E-state index < -0.39 is 29.4 Å². The molecule has 4 aromatic rings. The molecule has 1 N–H and O–H groups in total. The Hall–Kier alpha value is -2.93. The lowest BCUT2D eigenvalue weighted by molar-refractivity contribution is -0.143. The number of carbonyl (C=O) groups excluding carboxylic acids is 1. The third-order valence-electron chi connectivity index (χ3n) is 4.31. The maximum Gasteiger partial charge on any atom is 0.416 e. The van der Waals surface area contributed by atoms with E-state index in [1.807, 2.05) is 5.38 Å². The summed E-state index contributed by atoms with van der Waals surface area (Å²) in [5.74, 6) is -0.393. The normalized spacial score (nSPS) is 12.4. The second-order valence-corrected chi connectivity index (χ2v) is 8.76. The van der Waals surface area contributed by atoms with Crippen LogP contribution >= 0.6 is 22.7 Å². The molecule has 0 aliphatic carbocycles. The van der Waals surface area contributed by atoms with Gasteiger partial charge in [0.2, 0.25) is 5.91 Å². The van der Waals surface area contributed by atoms with Gasteiger partial charge in [0.1, 0.15) is 0 Å². The quantitative estimate of drug-likeness (QED) is 0.367. The van der Waals surface area contributed by atoms with Crippen molar-refractivity contribution in [1.82, 2.24) is 14.4 Å². The van der Waals surface area contributed by atoms with Gasteiger partial charge in [-0.3, -0.25) is 9.20 Å². The molecule has 0 aliphatic rings. The van der Waals surface area contributed by atoms with Crippen LogP contribution in [0.2, 0.25) is 0 Å². The zero-order valence-corrected chi connectivity index (χ0v) is 17.4. The molecule has 168 valence electrons. The highest BCUT2D eigenvalue weighted by molar-refractivity contribution is 7.15. The molecule has 0 radical (unpaired) electrons. The fraction of sp³-hybridized carbons (Fsp3) is 0.211. The first-order valence-electron chi connectivity index (χ1n) is 8.91. The van der Waals surface area contributed by atoms with Gasteiger partial charge in [-0.25, -0.2) is 9.97 Å². The van der Waals surface area contributed by atoms with Crippen molar-refractivity contribution in [2.45, 2.75) is 25.2 Å². The lowest BCUT2D eigenvalue weighted by Gasteiger charge is -2.13. The molecule has 0 bridgehead atoms. The van der Waals surface area contributed by atoms with E-state index in [-0.39, 0.29) is 29.6 Å². The van der Waals surface area contributed by atoms with Crippen LogP contribution in [0.15, 0.2) is 42.2 Å². The predicted molar refractivity (Wildman–Crippen MR) is 107 cm³/mol. The highest BCUT2D eigenvalue weighted by Crippen LogP contribution is 2.37. The first-order chi connectivity index (χ1) is 15.0. The molecule has 0 fully saturated rings. The van der Waals surface area contributed by atoms with E-state index in [1.165, 1.54) is 17.5 Å². The maximum atomic E-state index is 13.0. The average Bonchev–Trinajstić information content (AvgIpc) is 3.37. The number of amides is 1. The number of anilines is 1. The van der Waals surface area contributed by atoms with E-state index in [9.17, 15) is 31.1 Å². The van der Waals surface area contributed by atoms with E-state index in [0.29, 0.717) is 22.7 Å². The minimum Gasteiger partial charge on any atom is -0.302 e. The Kier molecular flexibility index (Phi) is 5.71. The zero-order chi connectivity index (χ0) is 23.1. The number of aromatic nitrogens is 3. The first kappa shape index (κ1) is 22.3. The van der Waals surface area contributed by atoms with Crippen molar-refractivity contribution < 1.29 is 31.1 Å². The Morgan fingerprint density at radius 1 is 1.06 bits per heavy atom. The summed E-state index contributed by atoms with van der Waals surface area (Å²) in [7, 11) is 0. The molecule has 3 heterocycles. The largest absolute Gasteiger partial charge is 0.416 e. The molecule has 0 unspecified atom stereocenters. The topological polar surface area (TPSA) is 59.3 Å². The van der Waals surface area contributed by atoms with Crippen molar-refractivity contribution in [3.8, 4) is 0 Å². The molecule has 5 nitrogen and oxygen atoms in total. The van der Waals surface area contributed by atoms with E-state index in [2.05, 4.69) is 15.3 Å². The highest BCUT2D eigenvalue weighted by atomic mass is 32.1. The molecule has 3 aromatic heterocycles. The summed E-state index contributed by atoms with van der Waals surface area (Å²) in [6.07, 6.45) is -5.21. The van der Waals surface area contributed by atoms with Crippen molar-refractivity contribution in [2.75, 3.05) is 5.32 Å². The lowest BCUT2D eigenvalue weighted by atomic mass is 10.0. The number of hydrogen-bond acceptors (Lipinski definition) is 5. The summed E-state index contributed by atoms with van der Waals surface area (Å²) in [6.45, 7) is 0. The molecule has 0 spiro atoms. The number of nitrogens with zero attached hydrogens (tertiary/aromatic N) is 3. The number of benzene rings is 1. The summed E-state index contributed by atoms with van der Waals surface area (Å²) >= 11 is 2.39. The smallest absolute Gasteiger partial charge is 0.302 e. The summed E-state index contributed by atoms with van der Waals surface area (Å²) in [5.41, 5.74) is -2.36. The number of thiazole rings is 2. The van der Waals surface area contributed by atoms with Gasteiger partial charge in [-0.2, -0.15) is 26.3 Å². The predicted octanol–water partition coefficient (Wildman–Crippen LogP) is 5.66. The summed E-state index contributed by atoms with van der Waals surface area (Å²) in [6, 6.07) is 1.44. The molecule has 0 aliphatic heterocycles. The number of alkyl halides is 6. The third kappa shape index (κ3) is 5.10. The van der Waals surface area contributed by atoms with Crippen molar-refractivity contribution in [3.05, 3.63) is 69.4 Å². The van der Waals surface area contributed by atoms with Crippen LogP contribution in [-0.2, 0) is 30.0 Å². The van der Waals surface area contributed by atoms with Crippen LogP contribution in [0.25, 0.3) is 4.96 Å². The number of carbonyl (C=O) groups is 1. The first-order valence-corrected chi connectivity index (χ1v) is 10.6. The van der Waals surface area contributed by atoms with Gasteiger partial charge in [-0.1, -0.05) is 0 Å². The SMILES string of the molecule is O=C(Cc1cn2ccsc2n1)Nc1ncc(Cc2cc(C(F)(F)F)cc(C(F)(F)F)c2)s1. The minimum absolute atomic E-state index is 0.00805. The Bertz CT molecular complexity index is 1210. The molecule has 4 rings (SSSR count). The number of halogens is 6. The van der Waals surface area contributed by atoms with Crippen molar-refractivity contribution in [1.29, 1.82) is 0 Å². The molecular formula is C19H12F6N4OS2. The summed E-state index contributed by atoms with van der Waals surface area (Å²) in [4.78, 5) is 21.6. The van der Waals surface area contributed by atoms with Crippen LogP contribution in [0.1, 0.15) is 27.3 Å². The zero-order valence-electron chi connectivity index (χ0n) is 15.8. The van der Waals surface area contributed by atoms with Crippen molar-refractivity contribution in [3.63, 3.8) is 0 Å². The van der Waals surface area contributed by atoms with E-state index in [1.54, 1.807) is 16.8 Å². The molecule has 32 heavy (non-hydrogen) atoms. The van der Waals surface area contributed by atoms with Crippen LogP contribution in [0.5, 0.6) is 0 Å². The average molecular weight is 490 g/mol. The standard InChI is InChI=1S/C19H12F6N4OS2/c20-18(21,22)11-3-10(4-12(6-11)19(23,24)25)5-14-8-26-16(32-14)28-15(30)7-13-9-29-1-2-31-17(29)27-13/h1-4,6,8-9H,5,7H2,(H,26,28,30). The molecule has 0 atom stereocenters. The van der Waals surface area contributed by atoms with Crippen molar-refractivity contribution in [2.24, 2.45) is 0 Å². The van der Waals surface area contributed by atoms with Crippen LogP contribution in [-0.4, -0.2) is 20.3 Å². The summed E-state index contributed by atoms with van der Waals surface area (Å²) in [5, 5.41) is 4.61. The minimum atomic E-state index is -4.91. The van der Waals surface area contributed by atoms with Crippen LogP contribution in [0.4, 0.5) is 31.5 Å². The van der Waals surface area contributed by atoms with Gasteiger partial charge in [-0.05, 0) is 23.8 Å². The van der Waals surface area contributed by atoms with Crippen LogP contribution in [0, 0.1) is 0 Å². The third-order valence-corrected chi connectivity index (χ3v) is 5.99. The Morgan fingerprint density at radius 2 is 1.75 bits per heavy atom. The fourth-order valence-electron chi connectivity index (χ4n) is 2.96. The molecule has 1 aromatic carbocycles. The number of fused-ring (bicyclic) bond motifs is 1. The highest BCUT2D eigenvalue weighted by Gasteiger charge is 2.36. The Morgan fingerprint density at radius 3 is 2.38 bits per heavy atom. The Labute approximate surface area is 184 Å². The van der Waals surface area contributed by atoms with Gasteiger partial charge in [0.05, 0.1) is 23.2 Å². The van der Waals surface area contributed by atoms with Crippen molar-refractivity contribution >= 4 is 38.7 Å². The van der Waals surface area contributed by atoms with E-state index >= 15 is 0 Å². The van der Waals surface area contributed by atoms with Gasteiger partial charge in [0.15, 0.2) is 10.1 Å². The van der Waals surface area contributed by atoms with E-state index in [4.69, 9.17) is 0 Å².